The SMILES string of the molecule is COc1cc(O)c2c(c1C)[C@@](O)([C@H](C)O)COC2=O. The van der Waals surface area contributed by atoms with E-state index in [0.717, 1.165) is 0 Å². The summed E-state index contributed by atoms with van der Waals surface area (Å²) in [4.78, 5) is 11.8. The van der Waals surface area contributed by atoms with Gasteiger partial charge in [0.15, 0.2) is 5.60 Å². The van der Waals surface area contributed by atoms with Crippen LogP contribution < -0.4 is 4.74 Å². The molecule has 0 radical (unpaired) electrons. The van der Waals surface area contributed by atoms with Crippen LogP contribution in [0.4, 0.5) is 0 Å². The van der Waals surface area contributed by atoms with Gasteiger partial charge in [-0.2, -0.15) is 0 Å². The van der Waals surface area contributed by atoms with Gasteiger partial charge >= 0.3 is 5.97 Å². The molecule has 0 fully saturated rings. The van der Waals surface area contributed by atoms with Crippen LogP contribution in [0.15, 0.2) is 6.07 Å². The van der Waals surface area contributed by atoms with Gasteiger partial charge in [-0.25, -0.2) is 4.79 Å². The molecule has 0 amide bonds. The van der Waals surface area contributed by atoms with Crippen molar-refractivity contribution in [3.05, 3.63) is 22.8 Å². The maximum atomic E-state index is 11.8. The van der Waals surface area contributed by atoms with E-state index in [-0.39, 0.29) is 23.5 Å². The second-order valence-corrected chi connectivity index (χ2v) is 4.65. The molecule has 0 aromatic heterocycles. The molecule has 1 aliphatic heterocycles. The number of methoxy groups -OCH3 is 1. The first-order valence-corrected chi connectivity index (χ1v) is 5.81. The molecule has 6 heteroatoms. The number of hydrogen-bond acceptors (Lipinski definition) is 6. The van der Waals surface area contributed by atoms with Gasteiger partial charge in [0, 0.05) is 11.6 Å². The number of carbonyl (C=O) groups is 1. The van der Waals surface area contributed by atoms with Crippen molar-refractivity contribution in [2.24, 2.45) is 0 Å². The van der Waals surface area contributed by atoms with Crippen molar-refractivity contribution in [2.75, 3.05) is 13.7 Å². The molecule has 3 N–H and O–H groups in total. The van der Waals surface area contributed by atoms with Crippen molar-refractivity contribution in [3.8, 4) is 11.5 Å². The third-order valence-corrected chi connectivity index (χ3v) is 3.49. The fraction of sp³-hybridized carbons (Fsp3) is 0.462. The first-order chi connectivity index (χ1) is 8.82. The Bertz CT molecular complexity index is 536. The van der Waals surface area contributed by atoms with Gasteiger partial charge in [-0.3, -0.25) is 0 Å². The van der Waals surface area contributed by atoms with Crippen LogP contribution in [-0.4, -0.2) is 41.1 Å². The highest BCUT2D eigenvalue weighted by atomic mass is 16.5. The quantitative estimate of drug-likeness (QED) is 0.674. The number of phenolic OH excluding ortho intramolecular Hbond substituents is 1. The zero-order valence-electron chi connectivity index (χ0n) is 10.9. The summed E-state index contributed by atoms with van der Waals surface area (Å²) < 4.78 is 9.94. The number of aromatic hydroxyl groups is 1. The van der Waals surface area contributed by atoms with E-state index in [1.54, 1.807) is 6.92 Å². The summed E-state index contributed by atoms with van der Waals surface area (Å²) in [6.45, 7) is 2.66. The monoisotopic (exact) mass is 268 g/mol. The molecule has 0 saturated heterocycles. The number of fused-ring (bicyclic) bond motifs is 1. The summed E-state index contributed by atoms with van der Waals surface area (Å²) in [5.41, 5.74) is -1.27. The Morgan fingerprint density at radius 2 is 2.16 bits per heavy atom. The van der Waals surface area contributed by atoms with Gasteiger partial charge in [-0.1, -0.05) is 0 Å². The van der Waals surface area contributed by atoms with E-state index in [1.807, 2.05) is 0 Å². The lowest BCUT2D eigenvalue weighted by Crippen LogP contribution is -2.47. The maximum absolute atomic E-state index is 11.8. The number of phenols is 1. The number of esters is 1. The first-order valence-electron chi connectivity index (χ1n) is 5.81. The molecular formula is C13H16O6. The Morgan fingerprint density at radius 3 is 2.68 bits per heavy atom. The number of ether oxygens (including phenoxy) is 2. The molecule has 1 heterocycles. The van der Waals surface area contributed by atoms with Crippen LogP contribution in [0.3, 0.4) is 0 Å². The van der Waals surface area contributed by atoms with E-state index in [1.165, 1.54) is 20.1 Å². The molecule has 0 aliphatic carbocycles. The third kappa shape index (κ3) is 1.84. The maximum Gasteiger partial charge on any atom is 0.342 e. The molecule has 1 aromatic carbocycles. The molecule has 0 spiro atoms. The van der Waals surface area contributed by atoms with Gasteiger partial charge in [0.2, 0.25) is 0 Å². The van der Waals surface area contributed by atoms with Crippen LogP contribution >= 0.6 is 0 Å². The average Bonchev–Trinajstić information content (AvgIpc) is 2.36. The predicted molar refractivity (Wildman–Crippen MR) is 65.3 cm³/mol. The number of hydrogen-bond donors (Lipinski definition) is 3. The van der Waals surface area contributed by atoms with Gasteiger partial charge in [-0.15, -0.1) is 0 Å². The third-order valence-electron chi connectivity index (χ3n) is 3.49. The number of benzene rings is 1. The van der Waals surface area contributed by atoms with E-state index in [9.17, 15) is 20.1 Å². The van der Waals surface area contributed by atoms with Crippen LogP contribution in [0.2, 0.25) is 0 Å². The van der Waals surface area contributed by atoms with Crippen molar-refractivity contribution in [3.63, 3.8) is 0 Å². The molecule has 2 atom stereocenters. The second kappa shape index (κ2) is 4.40. The summed E-state index contributed by atoms with van der Waals surface area (Å²) in [5, 5.41) is 30.2. The minimum atomic E-state index is -1.76. The molecule has 0 unspecified atom stereocenters. The Morgan fingerprint density at radius 1 is 1.53 bits per heavy atom. The van der Waals surface area contributed by atoms with Crippen LogP contribution in [0.1, 0.15) is 28.4 Å². The van der Waals surface area contributed by atoms with E-state index < -0.39 is 17.7 Å². The minimum absolute atomic E-state index is 0.132. The lowest BCUT2D eigenvalue weighted by atomic mass is 9.81. The van der Waals surface area contributed by atoms with Crippen LogP contribution in [0.5, 0.6) is 11.5 Å². The van der Waals surface area contributed by atoms with E-state index in [0.29, 0.717) is 11.3 Å². The average molecular weight is 268 g/mol. The van der Waals surface area contributed by atoms with E-state index in [2.05, 4.69) is 0 Å². The molecule has 0 saturated carbocycles. The molecule has 2 rings (SSSR count). The second-order valence-electron chi connectivity index (χ2n) is 4.65. The van der Waals surface area contributed by atoms with Gasteiger partial charge in [0.05, 0.1) is 13.2 Å². The van der Waals surface area contributed by atoms with E-state index >= 15 is 0 Å². The largest absolute Gasteiger partial charge is 0.507 e. The molecule has 19 heavy (non-hydrogen) atoms. The number of aliphatic hydroxyl groups excluding tert-OH is 1. The van der Waals surface area contributed by atoms with Gasteiger partial charge in [0.1, 0.15) is 23.7 Å². The smallest absolute Gasteiger partial charge is 0.342 e. The summed E-state index contributed by atoms with van der Waals surface area (Å²) in [5.74, 6) is -0.755. The standard InChI is InChI=1S/C13H16O6/c1-6-9(18-3)4-8(15)10-11(6)13(17,7(2)14)5-19-12(10)16/h4,7,14-15,17H,5H2,1-3H3/t7-,13-/m0/s1. The summed E-state index contributed by atoms with van der Waals surface area (Å²) in [6.07, 6.45) is -1.18. The lowest BCUT2D eigenvalue weighted by Gasteiger charge is -2.37. The highest BCUT2D eigenvalue weighted by molar-refractivity contribution is 5.96. The predicted octanol–water partition coefficient (Wildman–Crippen LogP) is 0.448. The van der Waals surface area contributed by atoms with Crippen LogP contribution in [-0.2, 0) is 10.3 Å². The normalized spacial score (nSPS) is 23.5. The number of cyclic esters (lactones) is 1. The van der Waals surface area contributed by atoms with Crippen molar-refractivity contribution in [1.82, 2.24) is 0 Å². The zero-order chi connectivity index (χ0) is 14.4. The Hall–Kier alpha value is -1.79. The minimum Gasteiger partial charge on any atom is -0.507 e. The van der Waals surface area contributed by atoms with Crippen molar-refractivity contribution < 1.29 is 29.6 Å². The zero-order valence-corrected chi connectivity index (χ0v) is 10.9. The number of carbonyl (C=O) groups excluding carboxylic acids is 1. The topological polar surface area (TPSA) is 96.2 Å². The highest BCUT2D eigenvalue weighted by Gasteiger charge is 2.46. The number of aliphatic hydroxyl groups is 2. The Labute approximate surface area is 110 Å². The summed E-state index contributed by atoms with van der Waals surface area (Å²) in [7, 11) is 1.41. The molecule has 0 bridgehead atoms. The molecule has 1 aromatic rings. The van der Waals surface area contributed by atoms with E-state index in [4.69, 9.17) is 9.47 Å². The number of rotatable bonds is 2. The fourth-order valence-corrected chi connectivity index (χ4v) is 2.35. The fourth-order valence-electron chi connectivity index (χ4n) is 2.35. The van der Waals surface area contributed by atoms with Gasteiger partial charge in [0.25, 0.3) is 0 Å². The van der Waals surface area contributed by atoms with Crippen LogP contribution in [0, 0.1) is 6.92 Å². The molecule has 104 valence electrons. The molecule has 6 nitrogen and oxygen atoms in total. The summed E-state index contributed by atoms with van der Waals surface area (Å²) >= 11 is 0. The van der Waals surface area contributed by atoms with Crippen molar-refractivity contribution >= 4 is 5.97 Å². The highest BCUT2D eigenvalue weighted by Crippen LogP contribution is 2.43. The van der Waals surface area contributed by atoms with Crippen molar-refractivity contribution in [1.29, 1.82) is 0 Å². The van der Waals surface area contributed by atoms with Gasteiger partial charge in [-0.05, 0) is 19.4 Å². The first kappa shape index (κ1) is 13.6. The Kier molecular flexibility index (Phi) is 3.15. The Balaban J connectivity index is 2.82. The van der Waals surface area contributed by atoms with Gasteiger partial charge < -0.3 is 24.8 Å². The lowest BCUT2D eigenvalue weighted by molar-refractivity contribution is -0.115. The summed E-state index contributed by atoms with van der Waals surface area (Å²) in [6, 6.07) is 1.28. The molecular weight excluding hydrogens is 252 g/mol. The van der Waals surface area contributed by atoms with Crippen molar-refractivity contribution in [2.45, 2.75) is 25.6 Å². The van der Waals surface area contributed by atoms with Crippen LogP contribution in [0.25, 0.3) is 0 Å². The molecule has 1 aliphatic rings.